The molecule has 1 aromatic heterocycles. The minimum absolute atomic E-state index is 0.0288. The predicted octanol–water partition coefficient (Wildman–Crippen LogP) is 3.82. The largest absolute Gasteiger partial charge is 0.399 e. The van der Waals surface area contributed by atoms with Crippen molar-refractivity contribution >= 4 is 56.3 Å². The summed E-state index contributed by atoms with van der Waals surface area (Å²) in [7, 11) is 0. The number of carbonyl (C=O) groups excluding carboxylic acids is 1. The van der Waals surface area contributed by atoms with Crippen molar-refractivity contribution in [3.8, 4) is 0 Å². The molecule has 0 aliphatic rings. The van der Waals surface area contributed by atoms with Gasteiger partial charge in [0.15, 0.2) is 0 Å². The van der Waals surface area contributed by atoms with Gasteiger partial charge in [-0.2, -0.15) is 0 Å². The zero-order valence-electron chi connectivity index (χ0n) is 9.35. The first kappa shape index (κ1) is 13.5. The fraction of sp³-hybridized carbons (Fsp3) is 0.0833. The molecule has 0 radical (unpaired) electrons. The number of nitrogens with two attached hydrogens (primary N) is 1. The molecule has 0 aliphatic heterocycles. The van der Waals surface area contributed by atoms with Crippen molar-refractivity contribution in [3.05, 3.63) is 40.2 Å². The minimum atomic E-state index is -0.0288. The summed E-state index contributed by atoms with van der Waals surface area (Å²) in [6.07, 6.45) is 0. The predicted molar refractivity (Wildman–Crippen MR) is 82.2 cm³/mol. The van der Waals surface area contributed by atoms with Crippen LogP contribution in [0.4, 0.5) is 11.4 Å². The van der Waals surface area contributed by atoms with E-state index in [1.807, 2.05) is 17.5 Å². The lowest BCUT2D eigenvalue weighted by Crippen LogP contribution is -2.14. The van der Waals surface area contributed by atoms with Crippen LogP contribution in [0.5, 0.6) is 0 Å². The highest BCUT2D eigenvalue weighted by Gasteiger charge is 2.07. The molecule has 0 spiro atoms. The van der Waals surface area contributed by atoms with Crippen LogP contribution in [0.3, 0.4) is 0 Å². The number of nitrogens with one attached hydrogen (secondary N) is 1. The van der Waals surface area contributed by atoms with Crippen LogP contribution in [0.2, 0.25) is 0 Å². The second-order valence-corrected chi connectivity index (χ2v) is 6.59. The summed E-state index contributed by atoms with van der Waals surface area (Å²) < 4.78 is 1.93. The first-order valence-corrected chi connectivity index (χ1v) is 7.82. The van der Waals surface area contributed by atoms with Gasteiger partial charge in [0.25, 0.3) is 0 Å². The number of hydrogen-bond donors (Lipinski definition) is 2. The molecule has 0 unspecified atom stereocenters. The summed E-state index contributed by atoms with van der Waals surface area (Å²) in [6.45, 7) is 0. The summed E-state index contributed by atoms with van der Waals surface area (Å²) in [4.78, 5) is 11.8. The first-order valence-electron chi connectivity index (χ1n) is 5.16. The molecular formula is C12H11BrN2OS2. The van der Waals surface area contributed by atoms with E-state index in [2.05, 4.69) is 21.2 Å². The van der Waals surface area contributed by atoms with E-state index in [0.29, 0.717) is 11.4 Å². The van der Waals surface area contributed by atoms with Crippen LogP contribution < -0.4 is 11.1 Å². The van der Waals surface area contributed by atoms with Crippen LogP contribution in [-0.4, -0.2) is 11.7 Å². The quantitative estimate of drug-likeness (QED) is 0.655. The summed E-state index contributed by atoms with van der Waals surface area (Å²) in [5.41, 5.74) is 7.03. The highest BCUT2D eigenvalue weighted by Crippen LogP contribution is 2.26. The number of nitrogen functional groups attached to an aromatic ring is 1. The molecule has 1 aromatic carbocycles. The Labute approximate surface area is 122 Å². The second-order valence-electron chi connectivity index (χ2n) is 3.51. The average molecular weight is 343 g/mol. The third-order valence-corrected chi connectivity index (χ3v) is 4.89. The van der Waals surface area contributed by atoms with Crippen LogP contribution in [-0.2, 0) is 4.79 Å². The Morgan fingerprint density at radius 3 is 2.94 bits per heavy atom. The number of amides is 1. The molecule has 2 rings (SSSR count). The normalized spacial score (nSPS) is 10.3. The molecule has 0 bridgehead atoms. The molecule has 0 atom stereocenters. The Morgan fingerprint density at radius 2 is 2.28 bits per heavy atom. The van der Waals surface area contributed by atoms with E-state index in [0.717, 1.165) is 14.4 Å². The molecule has 0 fully saturated rings. The highest BCUT2D eigenvalue weighted by molar-refractivity contribution is 9.10. The maximum absolute atomic E-state index is 11.8. The number of carbonyl (C=O) groups is 1. The number of anilines is 2. The molecule has 0 saturated carbocycles. The van der Waals surface area contributed by atoms with Crippen molar-refractivity contribution in [2.45, 2.75) is 4.21 Å². The van der Waals surface area contributed by atoms with Gasteiger partial charge in [0.05, 0.1) is 15.6 Å². The van der Waals surface area contributed by atoms with Gasteiger partial charge in [-0.05, 0) is 45.6 Å². The van der Waals surface area contributed by atoms with Gasteiger partial charge < -0.3 is 11.1 Å². The Kier molecular flexibility index (Phi) is 4.68. The molecule has 3 N–H and O–H groups in total. The topological polar surface area (TPSA) is 55.1 Å². The summed E-state index contributed by atoms with van der Waals surface area (Å²) in [6, 6.07) is 9.28. The fourth-order valence-electron chi connectivity index (χ4n) is 1.30. The smallest absolute Gasteiger partial charge is 0.234 e. The molecule has 0 saturated heterocycles. The number of thiophene rings is 1. The average Bonchev–Trinajstić information content (AvgIpc) is 2.83. The maximum Gasteiger partial charge on any atom is 0.234 e. The number of thioether (sulfide) groups is 1. The molecule has 6 heteroatoms. The molecular weight excluding hydrogens is 332 g/mol. The van der Waals surface area contributed by atoms with Crippen molar-refractivity contribution in [3.63, 3.8) is 0 Å². The molecule has 94 valence electrons. The van der Waals surface area contributed by atoms with Crippen LogP contribution in [0, 0.1) is 0 Å². The zero-order valence-corrected chi connectivity index (χ0v) is 12.6. The molecule has 1 heterocycles. The van der Waals surface area contributed by atoms with Gasteiger partial charge in [-0.1, -0.05) is 6.07 Å². The van der Waals surface area contributed by atoms with E-state index >= 15 is 0 Å². The van der Waals surface area contributed by atoms with Gasteiger partial charge >= 0.3 is 0 Å². The van der Waals surface area contributed by atoms with E-state index in [4.69, 9.17) is 5.73 Å². The van der Waals surface area contributed by atoms with Crippen molar-refractivity contribution < 1.29 is 4.79 Å². The standard InChI is InChI=1S/C12H11BrN2OS2/c13-9-6-8(14)3-4-10(9)15-11(16)7-18-12-2-1-5-17-12/h1-6H,7,14H2,(H,15,16). The lowest BCUT2D eigenvalue weighted by molar-refractivity contribution is -0.113. The SMILES string of the molecule is Nc1ccc(NC(=O)CSc2cccs2)c(Br)c1. The van der Waals surface area contributed by atoms with E-state index in [1.165, 1.54) is 11.8 Å². The van der Waals surface area contributed by atoms with Gasteiger partial charge in [-0.25, -0.2) is 0 Å². The van der Waals surface area contributed by atoms with Gasteiger partial charge in [0.2, 0.25) is 5.91 Å². The zero-order chi connectivity index (χ0) is 13.0. The van der Waals surface area contributed by atoms with Gasteiger partial charge in [-0.15, -0.1) is 23.1 Å². The van der Waals surface area contributed by atoms with E-state index in [9.17, 15) is 4.79 Å². The Balaban J connectivity index is 1.91. The minimum Gasteiger partial charge on any atom is -0.399 e. The van der Waals surface area contributed by atoms with E-state index < -0.39 is 0 Å². The fourth-order valence-corrected chi connectivity index (χ4v) is 3.38. The molecule has 2 aromatic rings. The molecule has 0 aliphatic carbocycles. The van der Waals surface area contributed by atoms with Gasteiger partial charge in [0, 0.05) is 10.2 Å². The van der Waals surface area contributed by atoms with E-state index in [-0.39, 0.29) is 5.91 Å². The Hall–Kier alpha value is -0.980. The van der Waals surface area contributed by atoms with Crippen molar-refractivity contribution in [2.24, 2.45) is 0 Å². The van der Waals surface area contributed by atoms with Crippen LogP contribution in [0.1, 0.15) is 0 Å². The monoisotopic (exact) mass is 342 g/mol. The van der Waals surface area contributed by atoms with E-state index in [1.54, 1.807) is 29.5 Å². The van der Waals surface area contributed by atoms with Crippen LogP contribution in [0.15, 0.2) is 44.4 Å². The summed E-state index contributed by atoms with van der Waals surface area (Å²) in [5, 5.41) is 4.84. The second kappa shape index (κ2) is 6.26. The van der Waals surface area contributed by atoms with Gasteiger partial charge in [0.1, 0.15) is 0 Å². The van der Waals surface area contributed by atoms with Gasteiger partial charge in [-0.3, -0.25) is 4.79 Å². The summed E-state index contributed by atoms with van der Waals surface area (Å²) in [5.74, 6) is 0.371. The number of benzene rings is 1. The van der Waals surface area contributed by atoms with Crippen molar-refractivity contribution in [2.75, 3.05) is 16.8 Å². The molecule has 3 nitrogen and oxygen atoms in total. The molecule has 18 heavy (non-hydrogen) atoms. The third-order valence-electron chi connectivity index (χ3n) is 2.11. The molecule has 1 amide bonds. The first-order chi connectivity index (χ1) is 8.65. The van der Waals surface area contributed by atoms with Crippen LogP contribution >= 0.6 is 39.0 Å². The highest BCUT2D eigenvalue weighted by atomic mass is 79.9. The van der Waals surface area contributed by atoms with Crippen molar-refractivity contribution in [1.29, 1.82) is 0 Å². The Bertz CT molecular complexity index is 543. The Morgan fingerprint density at radius 1 is 1.44 bits per heavy atom. The lowest BCUT2D eigenvalue weighted by Gasteiger charge is -2.07. The third kappa shape index (κ3) is 3.76. The summed E-state index contributed by atoms with van der Waals surface area (Å²) >= 11 is 6.53. The number of halogens is 1. The van der Waals surface area contributed by atoms with Crippen LogP contribution in [0.25, 0.3) is 0 Å². The number of rotatable bonds is 4. The lowest BCUT2D eigenvalue weighted by atomic mass is 10.3. The number of hydrogen-bond acceptors (Lipinski definition) is 4. The maximum atomic E-state index is 11.8. The van der Waals surface area contributed by atoms with Crippen molar-refractivity contribution in [1.82, 2.24) is 0 Å².